The Bertz CT molecular complexity index is 561. The number of piperazine rings is 1. The maximum absolute atomic E-state index is 11.6. The molecule has 0 saturated carbocycles. The minimum Gasteiger partial charge on any atom is -0.326 e. The van der Waals surface area contributed by atoms with Crippen molar-refractivity contribution in [3.8, 4) is 0 Å². The van der Waals surface area contributed by atoms with Crippen LogP contribution in [0, 0.1) is 6.92 Å². The summed E-state index contributed by atoms with van der Waals surface area (Å²) in [6.07, 6.45) is 1.27. The Labute approximate surface area is 127 Å². The van der Waals surface area contributed by atoms with Crippen LogP contribution in [0.1, 0.15) is 24.1 Å². The molecule has 21 heavy (non-hydrogen) atoms. The van der Waals surface area contributed by atoms with E-state index in [-0.39, 0.29) is 12.1 Å². The van der Waals surface area contributed by atoms with Crippen molar-refractivity contribution in [2.75, 3.05) is 32.4 Å². The molecular formula is C15H25N3O2S. The van der Waals surface area contributed by atoms with Crippen LogP contribution in [0.3, 0.4) is 0 Å². The minimum absolute atomic E-state index is 0.00232. The van der Waals surface area contributed by atoms with Gasteiger partial charge >= 0.3 is 0 Å². The molecule has 2 rings (SSSR count). The Morgan fingerprint density at radius 2 is 1.62 bits per heavy atom. The summed E-state index contributed by atoms with van der Waals surface area (Å²) >= 11 is 0. The molecule has 2 unspecified atom stereocenters. The number of sulfonamides is 1. The van der Waals surface area contributed by atoms with Gasteiger partial charge in [-0.2, -0.15) is 4.31 Å². The molecule has 0 aromatic heterocycles. The molecule has 1 aliphatic heterocycles. The second kappa shape index (κ2) is 6.44. The van der Waals surface area contributed by atoms with Crippen molar-refractivity contribution in [1.82, 2.24) is 9.21 Å². The molecule has 2 N–H and O–H groups in total. The van der Waals surface area contributed by atoms with E-state index in [1.165, 1.54) is 21.7 Å². The van der Waals surface area contributed by atoms with Gasteiger partial charge < -0.3 is 5.73 Å². The number of nitrogens with zero attached hydrogens (tertiary/aromatic N) is 2. The largest absolute Gasteiger partial charge is 0.326 e. The average Bonchev–Trinajstić information content (AvgIpc) is 2.40. The van der Waals surface area contributed by atoms with Crippen molar-refractivity contribution >= 4 is 10.0 Å². The predicted octanol–water partition coefficient (Wildman–Crippen LogP) is 0.961. The van der Waals surface area contributed by atoms with Crippen molar-refractivity contribution in [3.63, 3.8) is 0 Å². The fraction of sp³-hybridized carbons (Fsp3) is 0.600. The lowest BCUT2D eigenvalue weighted by molar-refractivity contribution is 0.124. The molecule has 0 bridgehead atoms. The molecule has 6 heteroatoms. The highest BCUT2D eigenvalue weighted by Gasteiger charge is 2.30. The third kappa shape index (κ3) is 4.03. The van der Waals surface area contributed by atoms with Gasteiger partial charge in [0.1, 0.15) is 0 Å². The van der Waals surface area contributed by atoms with Crippen molar-refractivity contribution < 1.29 is 8.42 Å². The first-order valence-corrected chi connectivity index (χ1v) is 9.15. The van der Waals surface area contributed by atoms with Crippen LogP contribution in [0.4, 0.5) is 0 Å². The molecule has 1 aliphatic rings. The average molecular weight is 311 g/mol. The van der Waals surface area contributed by atoms with Gasteiger partial charge in [-0.1, -0.05) is 29.8 Å². The van der Waals surface area contributed by atoms with Crippen molar-refractivity contribution in [1.29, 1.82) is 0 Å². The number of rotatable bonds is 4. The van der Waals surface area contributed by atoms with Crippen molar-refractivity contribution in [2.24, 2.45) is 5.73 Å². The molecule has 1 fully saturated rings. The van der Waals surface area contributed by atoms with E-state index in [9.17, 15) is 8.42 Å². The normalized spacial score (nSPS) is 21.1. The molecule has 0 aliphatic carbocycles. The fourth-order valence-corrected chi connectivity index (χ4v) is 3.75. The smallest absolute Gasteiger partial charge is 0.211 e. The summed E-state index contributed by atoms with van der Waals surface area (Å²) in [5.74, 6) is 0. The van der Waals surface area contributed by atoms with Gasteiger partial charge in [0.2, 0.25) is 10.0 Å². The van der Waals surface area contributed by atoms with Crippen LogP contribution in [0.15, 0.2) is 24.3 Å². The number of hydrogen-bond donors (Lipinski definition) is 1. The van der Waals surface area contributed by atoms with Gasteiger partial charge in [0.15, 0.2) is 0 Å². The molecule has 2 atom stereocenters. The lowest BCUT2D eigenvalue weighted by atomic mass is 9.97. The first-order chi connectivity index (χ1) is 9.79. The second-order valence-electron chi connectivity index (χ2n) is 5.91. The minimum atomic E-state index is -3.09. The number of benzene rings is 1. The molecule has 118 valence electrons. The highest BCUT2D eigenvalue weighted by Crippen LogP contribution is 2.25. The zero-order valence-corrected chi connectivity index (χ0v) is 13.8. The van der Waals surface area contributed by atoms with Crippen LogP contribution in [-0.4, -0.2) is 56.1 Å². The molecular weight excluding hydrogens is 286 g/mol. The molecule has 0 radical (unpaired) electrons. The highest BCUT2D eigenvalue weighted by molar-refractivity contribution is 7.88. The van der Waals surface area contributed by atoms with Gasteiger partial charge in [-0.25, -0.2) is 8.42 Å². The number of aryl methyl sites for hydroxylation is 1. The Hall–Kier alpha value is -0.950. The van der Waals surface area contributed by atoms with Crippen LogP contribution in [0.5, 0.6) is 0 Å². The van der Waals surface area contributed by atoms with Crippen LogP contribution in [0.25, 0.3) is 0 Å². The Kier molecular flexibility index (Phi) is 5.03. The first kappa shape index (κ1) is 16.4. The van der Waals surface area contributed by atoms with Gasteiger partial charge in [-0.05, 0) is 19.4 Å². The number of nitrogens with two attached hydrogens (primary N) is 1. The van der Waals surface area contributed by atoms with E-state index in [4.69, 9.17) is 5.73 Å². The molecule has 1 heterocycles. The van der Waals surface area contributed by atoms with Crippen LogP contribution >= 0.6 is 0 Å². The maximum atomic E-state index is 11.6. The summed E-state index contributed by atoms with van der Waals surface area (Å²) in [6, 6.07) is 8.55. The quantitative estimate of drug-likeness (QED) is 0.899. The van der Waals surface area contributed by atoms with Gasteiger partial charge in [-0.15, -0.1) is 0 Å². The summed E-state index contributed by atoms with van der Waals surface area (Å²) in [4.78, 5) is 2.29. The van der Waals surface area contributed by atoms with E-state index in [1.807, 2.05) is 6.92 Å². The van der Waals surface area contributed by atoms with E-state index in [1.54, 1.807) is 0 Å². The summed E-state index contributed by atoms with van der Waals surface area (Å²) in [7, 11) is -3.09. The first-order valence-electron chi connectivity index (χ1n) is 7.30. The topological polar surface area (TPSA) is 66.6 Å². The van der Waals surface area contributed by atoms with E-state index in [0.717, 1.165) is 0 Å². The van der Waals surface area contributed by atoms with Crippen molar-refractivity contribution in [2.45, 2.75) is 25.9 Å². The molecule has 0 amide bonds. The van der Waals surface area contributed by atoms with Gasteiger partial charge in [0, 0.05) is 38.3 Å². The predicted molar refractivity (Wildman–Crippen MR) is 85.6 cm³/mol. The molecule has 1 aromatic carbocycles. The zero-order chi connectivity index (χ0) is 15.6. The van der Waals surface area contributed by atoms with E-state index in [0.29, 0.717) is 26.2 Å². The van der Waals surface area contributed by atoms with Crippen molar-refractivity contribution in [3.05, 3.63) is 35.4 Å². The molecule has 1 saturated heterocycles. The van der Waals surface area contributed by atoms with Crippen LogP contribution in [0.2, 0.25) is 0 Å². The highest BCUT2D eigenvalue weighted by atomic mass is 32.2. The van der Waals surface area contributed by atoms with Gasteiger partial charge in [0.05, 0.1) is 6.26 Å². The summed E-state index contributed by atoms with van der Waals surface area (Å²) in [6.45, 7) is 6.57. The zero-order valence-electron chi connectivity index (χ0n) is 13.0. The second-order valence-corrected chi connectivity index (χ2v) is 7.90. The van der Waals surface area contributed by atoms with E-state index >= 15 is 0 Å². The third-order valence-corrected chi connectivity index (χ3v) is 5.36. The summed E-state index contributed by atoms with van der Waals surface area (Å²) in [5.41, 5.74) is 8.61. The maximum Gasteiger partial charge on any atom is 0.211 e. The van der Waals surface area contributed by atoms with E-state index < -0.39 is 10.0 Å². The lowest BCUT2D eigenvalue weighted by Gasteiger charge is -2.40. The lowest BCUT2D eigenvalue weighted by Crippen LogP contribution is -2.52. The molecule has 1 aromatic rings. The molecule has 0 spiro atoms. The van der Waals surface area contributed by atoms with Gasteiger partial charge in [0.25, 0.3) is 0 Å². The Morgan fingerprint density at radius 1 is 1.10 bits per heavy atom. The van der Waals surface area contributed by atoms with Crippen LogP contribution < -0.4 is 5.73 Å². The molecule has 5 nitrogen and oxygen atoms in total. The Morgan fingerprint density at radius 3 is 2.05 bits per heavy atom. The van der Waals surface area contributed by atoms with E-state index in [2.05, 4.69) is 36.1 Å². The monoisotopic (exact) mass is 311 g/mol. The fourth-order valence-electron chi connectivity index (χ4n) is 2.92. The summed E-state index contributed by atoms with van der Waals surface area (Å²) < 4.78 is 24.7. The van der Waals surface area contributed by atoms with Crippen LogP contribution in [-0.2, 0) is 10.0 Å². The summed E-state index contributed by atoms with van der Waals surface area (Å²) in [5, 5.41) is 0. The SMILES string of the molecule is Cc1ccc(C(C(C)N)N2CCN(S(C)(=O)=O)CC2)cc1. The number of hydrogen-bond acceptors (Lipinski definition) is 4. The Balaban J connectivity index is 2.12. The third-order valence-electron chi connectivity index (χ3n) is 4.05. The van der Waals surface area contributed by atoms with Gasteiger partial charge in [-0.3, -0.25) is 4.90 Å². The standard InChI is InChI=1S/C15H25N3O2S/c1-12-4-6-14(7-5-12)15(13(2)16)17-8-10-18(11-9-17)21(3,19)20/h4-7,13,15H,8-11,16H2,1-3H3.